The Morgan fingerprint density at radius 2 is 1.75 bits per heavy atom. The maximum absolute atomic E-state index is 5.83. The van der Waals surface area contributed by atoms with E-state index in [4.69, 9.17) is 10.8 Å². The number of hydrogen-bond donors (Lipinski definition) is 1. The van der Waals surface area contributed by atoms with Crippen molar-refractivity contribution in [3.8, 4) is 0 Å². The zero-order valence-electron chi connectivity index (χ0n) is 12.8. The Labute approximate surface area is 121 Å². The summed E-state index contributed by atoms with van der Waals surface area (Å²) in [7, 11) is 0. The van der Waals surface area contributed by atoms with Gasteiger partial charge in [-0.05, 0) is 67.8 Å². The van der Waals surface area contributed by atoms with Gasteiger partial charge in [-0.15, -0.1) is 0 Å². The quantitative estimate of drug-likeness (QED) is 0.916. The zero-order chi connectivity index (χ0) is 13.9. The molecule has 0 radical (unpaired) electrons. The summed E-state index contributed by atoms with van der Waals surface area (Å²) in [4.78, 5) is 0. The van der Waals surface area contributed by atoms with E-state index in [1.807, 2.05) is 0 Å². The number of nitrogens with zero attached hydrogens (tertiary/aromatic N) is 2. The van der Waals surface area contributed by atoms with Crippen LogP contribution in [0, 0.1) is 23.7 Å². The summed E-state index contributed by atoms with van der Waals surface area (Å²) in [5, 5.41) is 4.89. The Kier molecular flexibility index (Phi) is 2.95. The van der Waals surface area contributed by atoms with E-state index in [1.54, 1.807) is 0 Å². The normalized spacial score (nSPS) is 38.9. The first-order valence-corrected chi connectivity index (χ1v) is 8.44. The van der Waals surface area contributed by atoms with E-state index in [0.29, 0.717) is 18.5 Å². The van der Waals surface area contributed by atoms with Crippen molar-refractivity contribution in [2.45, 2.75) is 64.5 Å². The van der Waals surface area contributed by atoms with Gasteiger partial charge in [0.25, 0.3) is 0 Å². The molecule has 1 heterocycles. The summed E-state index contributed by atoms with van der Waals surface area (Å²) >= 11 is 0. The lowest BCUT2D eigenvalue weighted by Crippen LogP contribution is -2.46. The fourth-order valence-corrected chi connectivity index (χ4v) is 5.53. The highest BCUT2D eigenvalue weighted by atomic mass is 15.3. The fraction of sp³-hybridized carbons (Fsp3) is 0.824. The van der Waals surface area contributed by atoms with Gasteiger partial charge in [0, 0.05) is 12.2 Å². The third-order valence-electron chi connectivity index (χ3n) is 6.08. The molecule has 0 amide bonds. The largest absolute Gasteiger partial charge is 0.325 e. The molecule has 0 saturated heterocycles. The van der Waals surface area contributed by atoms with Crippen molar-refractivity contribution < 1.29 is 0 Å². The molecule has 3 nitrogen and oxygen atoms in total. The second-order valence-corrected chi connectivity index (χ2v) is 7.79. The van der Waals surface area contributed by atoms with Gasteiger partial charge in [0.2, 0.25) is 0 Å². The molecule has 110 valence electrons. The van der Waals surface area contributed by atoms with Crippen LogP contribution < -0.4 is 5.73 Å². The van der Waals surface area contributed by atoms with E-state index in [9.17, 15) is 0 Å². The van der Waals surface area contributed by atoms with E-state index in [2.05, 4.69) is 24.6 Å². The lowest BCUT2D eigenvalue weighted by Gasteiger charge is -2.54. The van der Waals surface area contributed by atoms with Crippen LogP contribution in [0.3, 0.4) is 0 Å². The maximum Gasteiger partial charge on any atom is 0.0763 e. The van der Waals surface area contributed by atoms with Crippen LogP contribution in [0.25, 0.3) is 0 Å². The third kappa shape index (κ3) is 1.86. The Balaban J connectivity index is 1.72. The van der Waals surface area contributed by atoms with E-state index in [-0.39, 0.29) is 0 Å². The summed E-state index contributed by atoms with van der Waals surface area (Å²) in [6.07, 6.45) is 7.32. The smallest absolute Gasteiger partial charge is 0.0763 e. The van der Waals surface area contributed by atoms with Gasteiger partial charge >= 0.3 is 0 Å². The molecule has 2 N–H and O–H groups in total. The van der Waals surface area contributed by atoms with Crippen LogP contribution in [-0.2, 0) is 6.54 Å². The molecule has 4 bridgehead atoms. The highest BCUT2D eigenvalue weighted by Crippen LogP contribution is 2.58. The fourth-order valence-electron chi connectivity index (χ4n) is 5.53. The molecule has 20 heavy (non-hydrogen) atoms. The van der Waals surface area contributed by atoms with Crippen LogP contribution in [0.5, 0.6) is 0 Å². The van der Waals surface area contributed by atoms with Crippen molar-refractivity contribution in [3.63, 3.8) is 0 Å². The summed E-state index contributed by atoms with van der Waals surface area (Å²) in [5.74, 6) is 4.37. The predicted molar refractivity (Wildman–Crippen MR) is 80.3 cm³/mol. The minimum atomic E-state index is 0.542. The summed E-state index contributed by atoms with van der Waals surface area (Å²) in [5.41, 5.74) is 8.31. The van der Waals surface area contributed by atoms with Gasteiger partial charge in [-0.25, -0.2) is 0 Å². The molecule has 3 heteroatoms. The minimum Gasteiger partial charge on any atom is -0.325 e. The van der Waals surface area contributed by atoms with Crippen LogP contribution >= 0.6 is 0 Å². The van der Waals surface area contributed by atoms with Crippen molar-refractivity contribution in [2.75, 3.05) is 0 Å². The van der Waals surface area contributed by atoms with Crippen LogP contribution in [0.1, 0.15) is 69.3 Å². The molecule has 5 rings (SSSR count). The van der Waals surface area contributed by atoms with Gasteiger partial charge in [-0.1, -0.05) is 13.8 Å². The van der Waals surface area contributed by atoms with Gasteiger partial charge < -0.3 is 5.73 Å². The van der Waals surface area contributed by atoms with Crippen LogP contribution in [-0.4, -0.2) is 9.78 Å². The van der Waals surface area contributed by atoms with Crippen molar-refractivity contribution in [2.24, 2.45) is 29.4 Å². The first kappa shape index (κ1) is 12.9. The van der Waals surface area contributed by atoms with Crippen LogP contribution in [0.2, 0.25) is 0 Å². The van der Waals surface area contributed by atoms with E-state index < -0.39 is 0 Å². The average Bonchev–Trinajstić information content (AvgIpc) is 2.81. The van der Waals surface area contributed by atoms with Crippen molar-refractivity contribution in [3.05, 3.63) is 17.5 Å². The molecule has 4 saturated carbocycles. The highest BCUT2D eigenvalue weighted by molar-refractivity contribution is 5.16. The maximum atomic E-state index is 5.83. The third-order valence-corrected chi connectivity index (χ3v) is 6.08. The SMILES string of the molecule is CC(C)c1cc(CN)nn1C1C2CC3CC(C2)CC1C3. The predicted octanol–water partition coefficient (Wildman–Crippen LogP) is 3.46. The topological polar surface area (TPSA) is 43.8 Å². The van der Waals surface area contributed by atoms with Crippen LogP contribution in [0.15, 0.2) is 6.07 Å². The molecule has 4 aliphatic rings. The molecular formula is C17H27N3. The molecule has 0 aromatic carbocycles. The van der Waals surface area contributed by atoms with Crippen LogP contribution in [0.4, 0.5) is 0 Å². The van der Waals surface area contributed by atoms with E-state index in [0.717, 1.165) is 29.4 Å². The van der Waals surface area contributed by atoms with Crippen molar-refractivity contribution in [1.82, 2.24) is 9.78 Å². The number of hydrogen-bond acceptors (Lipinski definition) is 2. The molecule has 0 atom stereocenters. The van der Waals surface area contributed by atoms with Gasteiger partial charge in [-0.3, -0.25) is 4.68 Å². The Hall–Kier alpha value is -0.830. The van der Waals surface area contributed by atoms with E-state index >= 15 is 0 Å². The number of aromatic nitrogens is 2. The molecular weight excluding hydrogens is 246 g/mol. The molecule has 1 aromatic heterocycles. The molecule has 0 aliphatic heterocycles. The Morgan fingerprint density at radius 3 is 2.25 bits per heavy atom. The van der Waals surface area contributed by atoms with Gasteiger partial charge in [0.05, 0.1) is 11.7 Å². The molecule has 0 spiro atoms. The second kappa shape index (κ2) is 4.59. The monoisotopic (exact) mass is 273 g/mol. The first-order valence-electron chi connectivity index (χ1n) is 8.44. The summed E-state index contributed by atoms with van der Waals surface area (Å²) < 4.78 is 2.40. The molecule has 4 aliphatic carbocycles. The summed E-state index contributed by atoms with van der Waals surface area (Å²) in [6.45, 7) is 5.13. The zero-order valence-corrected chi connectivity index (χ0v) is 12.8. The van der Waals surface area contributed by atoms with E-state index in [1.165, 1.54) is 37.8 Å². The molecule has 0 unspecified atom stereocenters. The average molecular weight is 273 g/mol. The lowest BCUT2D eigenvalue weighted by atomic mass is 9.54. The standard InChI is InChI=1S/C17H27N3/c1-10(2)16-8-15(9-18)19-20(16)17-13-4-11-3-12(6-13)7-14(17)5-11/h8,10-14,17H,3-7,9,18H2,1-2H3. The second-order valence-electron chi connectivity index (χ2n) is 7.79. The lowest BCUT2D eigenvalue weighted by molar-refractivity contribution is -0.0349. The molecule has 1 aromatic rings. The van der Waals surface area contributed by atoms with Gasteiger partial charge in [0.1, 0.15) is 0 Å². The highest BCUT2D eigenvalue weighted by Gasteiger charge is 2.49. The Bertz CT molecular complexity index is 474. The number of nitrogens with two attached hydrogens (primary N) is 1. The van der Waals surface area contributed by atoms with Gasteiger partial charge in [-0.2, -0.15) is 5.10 Å². The Morgan fingerprint density at radius 1 is 1.15 bits per heavy atom. The summed E-state index contributed by atoms with van der Waals surface area (Å²) in [6, 6.07) is 2.91. The minimum absolute atomic E-state index is 0.542. The van der Waals surface area contributed by atoms with Crippen molar-refractivity contribution >= 4 is 0 Å². The van der Waals surface area contributed by atoms with Crippen molar-refractivity contribution in [1.29, 1.82) is 0 Å². The van der Waals surface area contributed by atoms with Gasteiger partial charge in [0.15, 0.2) is 0 Å². The molecule has 4 fully saturated rings. The number of rotatable bonds is 3. The first-order chi connectivity index (χ1) is 9.65.